The number of hydrogen-bond acceptors (Lipinski definition) is 2. The van der Waals surface area contributed by atoms with Crippen molar-refractivity contribution in [2.45, 2.75) is 12.5 Å². The second kappa shape index (κ2) is 1.46. The molecule has 0 amide bonds. The minimum absolute atomic E-state index is 0.328. The van der Waals surface area contributed by atoms with Gasteiger partial charge in [-0.3, -0.25) is 0 Å². The number of nitrogens with one attached hydrogen (secondary N) is 1. The van der Waals surface area contributed by atoms with Crippen molar-refractivity contribution in [1.82, 2.24) is 5.32 Å². The Morgan fingerprint density at radius 3 is 2.71 bits per heavy atom. The Morgan fingerprint density at radius 1 is 1.86 bits per heavy atom. The molecule has 1 N–H and O–H groups in total. The molecule has 1 fully saturated rings. The van der Waals surface area contributed by atoms with Crippen LogP contribution in [0, 0.1) is 0 Å². The van der Waals surface area contributed by atoms with Crippen molar-refractivity contribution < 1.29 is 8.85 Å². The van der Waals surface area contributed by atoms with Gasteiger partial charge in [-0.25, -0.2) is 0 Å². The molecule has 0 aromatic heterocycles. The lowest BCUT2D eigenvalue weighted by molar-refractivity contribution is -0.0602. The summed E-state index contributed by atoms with van der Waals surface area (Å²) in [6, 6.07) is 0. The zero-order valence-electron chi connectivity index (χ0n) is 7.32. The highest BCUT2D eigenvalue weighted by Crippen LogP contribution is 2.13. The summed E-state index contributed by atoms with van der Waals surface area (Å²) in [6.07, 6.45) is 0. The molecular weight excluding hydrogens is 90.1 g/mol. The molecule has 7 heavy (non-hydrogen) atoms. The largest absolute Gasteiger partial charge is 0.377 e. The highest BCUT2D eigenvalue weighted by atomic mass is 16.5. The molecule has 0 aromatic carbocycles. The molecule has 0 radical (unpaired) electrons. The van der Waals surface area contributed by atoms with Gasteiger partial charge in [0.05, 0.1) is 18.8 Å². The van der Waals surface area contributed by atoms with E-state index in [1.807, 2.05) is 6.92 Å². The second-order valence-corrected chi connectivity index (χ2v) is 2.18. The third-order valence-electron chi connectivity index (χ3n) is 1.14. The molecule has 0 unspecified atom stereocenters. The monoisotopic (exact) mass is 104 g/mol. The summed E-state index contributed by atoms with van der Waals surface area (Å²) in [5.41, 5.74) is -0.328. The van der Waals surface area contributed by atoms with E-state index in [1.165, 1.54) is 0 Å². The molecule has 2 nitrogen and oxygen atoms in total. The molecule has 0 bridgehead atoms. The first-order chi connectivity index (χ1) is 4.41. The van der Waals surface area contributed by atoms with E-state index in [0.717, 1.165) is 0 Å². The van der Waals surface area contributed by atoms with Gasteiger partial charge in [-0.2, -0.15) is 0 Å². The first kappa shape index (κ1) is 2.46. The molecule has 0 aliphatic carbocycles. The first-order valence-corrected chi connectivity index (χ1v) is 2.28. The molecule has 0 spiro atoms. The average molecular weight is 104 g/mol. The Hall–Kier alpha value is -0.0800. The van der Waals surface area contributed by atoms with Crippen LogP contribution in [0.4, 0.5) is 0 Å². The van der Waals surface area contributed by atoms with E-state index in [0.29, 0.717) is 13.2 Å². The summed E-state index contributed by atoms with van der Waals surface area (Å²) in [6.45, 7) is 0.776. The van der Waals surface area contributed by atoms with Crippen molar-refractivity contribution in [1.29, 1.82) is 0 Å². The van der Waals surface area contributed by atoms with Crippen LogP contribution in [0.2, 0.25) is 0 Å². The van der Waals surface area contributed by atoms with Gasteiger partial charge in [0.25, 0.3) is 0 Å². The minimum atomic E-state index is -2.04. The van der Waals surface area contributed by atoms with E-state index < -0.39 is 6.98 Å². The lowest BCUT2D eigenvalue weighted by Crippen LogP contribution is -2.56. The summed E-state index contributed by atoms with van der Waals surface area (Å²) in [7, 11) is 0. The number of hydrogen-bond donors (Lipinski definition) is 1. The van der Waals surface area contributed by atoms with Gasteiger partial charge in [-0.05, 0) is 13.9 Å². The zero-order chi connectivity index (χ0) is 7.83. The Balaban J connectivity index is 2.37. The van der Waals surface area contributed by atoms with Crippen LogP contribution in [0.25, 0.3) is 0 Å². The maximum absolute atomic E-state index is 6.89. The van der Waals surface area contributed by atoms with Crippen LogP contribution in [0.15, 0.2) is 0 Å². The molecular formula is C5H11NO. The highest BCUT2D eigenvalue weighted by Gasteiger charge is 2.30. The van der Waals surface area contributed by atoms with Gasteiger partial charge >= 0.3 is 0 Å². The quantitative estimate of drug-likeness (QED) is 0.505. The maximum atomic E-state index is 6.89. The van der Waals surface area contributed by atoms with Crippen LogP contribution in [0.3, 0.4) is 0 Å². The first-order valence-electron chi connectivity index (χ1n) is 3.78. The summed E-state index contributed by atoms with van der Waals surface area (Å²) < 4.78 is 25.5. The van der Waals surface area contributed by atoms with E-state index >= 15 is 0 Å². The van der Waals surface area contributed by atoms with Gasteiger partial charge in [-0.15, -0.1) is 0 Å². The fourth-order valence-electron chi connectivity index (χ4n) is 0.480. The van der Waals surface area contributed by atoms with Crippen LogP contribution >= 0.6 is 0 Å². The molecule has 0 aromatic rings. The smallest absolute Gasteiger partial charge is 0.0669 e. The molecule has 2 heteroatoms. The third-order valence-corrected chi connectivity index (χ3v) is 1.14. The van der Waals surface area contributed by atoms with E-state index in [-0.39, 0.29) is 5.54 Å². The Labute approximate surface area is 48.1 Å². The SMILES string of the molecule is [2H]C([2H])([2H])NC1(C)COC1. The Morgan fingerprint density at radius 2 is 2.57 bits per heavy atom. The predicted molar refractivity (Wildman–Crippen MR) is 28.3 cm³/mol. The van der Waals surface area contributed by atoms with Gasteiger partial charge in [0.15, 0.2) is 0 Å². The summed E-state index contributed by atoms with van der Waals surface area (Å²) >= 11 is 0. The van der Waals surface area contributed by atoms with Crippen LogP contribution in [0.5, 0.6) is 0 Å². The van der Waals surface area contributed by atoms with Crippen LogP contribution in [-0.2, 0) is 4.74 Å². The lowest BCUT2D eigenvalue weighted by atomic mass is 10.0. The molecule has 1 saturated heterocycles. The zero-order valence-corrected chi connectivity index (χ0v) is 4.32. The molecule has 1 aliphatic rings. The van der Waals surface area contributed by atoms with E-state index in [9.17, 15) is 0 Å². The normalized spacial score (nSPS) is 34.7. The average Bonchev–Trinajstić information content (AvgIpc) is 1.57. The fraction of sp³-hybridized carbons (Fsp3) is 1.00. The highest BCUT2D eigenvalue weighted by molar-refractivity contribution is 4.87. The van der Waals surface area contributed by atoms with Crippen molar-refractivity contribution in [2.75, 3.05) is 20.2 Å². The third kappa shape index (κ3) is 0.763. The Kier molecular flexibility index (Phi) is 0.513. The van der Waals surface area contributed by atoms with Gasteiger partial charge in [0.1, 0.15) is 0 Å². The maximum Gasteiger partial charge on any atom is 0.0669 e. The lowest BCUT2D eigenvalue weighted by Gasteiger charge is -2.37. The van der Waals surface area contributed by atoms with Crippen molar-refractivity contribution in [2.24, 2.45) is 0 Å². The van der Waals surface area contributed by atoms with Crippen molar-refractivity contribution in [3.63, 3.8) is 0 Å². The van der Waals surface area contributed by atoms with E-state index in [1.54, 1.807) is 0 Å². The van der Waals surface area contributed by atoms with Crippen LogP contribution < -0.4 is 5.32 Å². The van der Waals surface area contributed by atoms with Crippen molar-refractivity contribution >= 4 is 0 Å². The molecule has 1 aliphatic heterocycles. The summed E-state index contributed by atoms with van der Waals surface area (Å²) in [5.74, 6) is 0. The Bertz CT molecular complexity index is 129. The van der Waals surface area contributed by atoms with Gasteiger partial charge < -0.3 is 10.1 Å². The van der Waals surface area contributed by atoms with Crippen LogP contribution in [-0.4, -0.2) is 25.7 Å². The molecule has 42 valence electrons. The number of rotatable bonds is 1. The summed E-state index contributed by atoms with van der Waals surface area (Å²) in [4.78, 5) is 0. The van der Waals surface area contributed by atoms with Crippen LogP contribution in [0.1, 0.15) is 11.0 Å². The molecule has 1 rings (SSSR count). The van der Waals surface area contributed by atoms with E-state index in [4.69, 9.17) is 8.85 Å². The van der Waals surface area contributed by atoms with Crippen molar-refractivity contribution in [3.05, 3.63) is 0 Å². The summed E-state index contributed by atoms with van der Waals surface area (Å²) in [5, 5.41) is 2.51. The number of ether oxygens (including phenoxy) is 1. The van der Waals surface area contributed by atoms with Gasteiger partial charge in [-0.1, -0.05) is 0 Å². The van der Waals surface area contributed by atoms with E-state index in [2.05, 4.69) is 5.32 Å². The van der Waals surface area contributed by atoms with Gasteiger partial charge in [0.2, 0.25) is 0 Å². The fourth-order valence-corrected chi connectivity index (χ4v) is 0.480. The molecule has 0 saturated carbocycles. The molecule has 0 atom stereocenters. The predicted octanol–water partition coefficient (Wildman–Crippen LogP) is -0.00530. The second-order valence-electron chi connectivity index (χ2n) is 2.18. The molecule has 1 heterocycles. The minimum Gasteiger partial charge on any atom is -0.377 e. The van der Waals surface area contributed by atoms with Gasteiger partial charge in [0, 0.05) is 4.11 Å². The van der Waals surface area contributed by atoms with Crippen molar-refractivity contribution in [3.8, 4) is 0 Å². The number of likely N-dealkylation sites (N-methyl/N-ethyl adjacent to an activating group) is 1. The standard InChI is InChI=1S/C5H11NO/c1-5(6-2)3-7-4-5/h6H,3-4H2,1-2H3/i2D3. The topological polar surface area (TPSA) is 21.3 Å².